The van der Waals surface area contributed by atoms with Gasteiger partial charge >= 0.3 is 23.9 Å². The number of ether oxygens (including phenoxy) is 3. The standard InChI is InChI=1S/C12H18O8/c1-6(13)18-8(10(15)16)9(19-7(2)14)11(17)20-12(3,4)5/h8-9H,1-5H3,(H,15,16)/t8-,9-/m1/s1. The lowest BCUT2D eigenvalue weighted by Gasteiger charge is -2.26. The first-order valence-electron chi connectivity index (χ1n) is 5.74. The fourth-order valence-electron chi connectivity index (χ4n) is 1.19. The molecule has 0 saturated carbocycles. The smallest absolute Gasteiger partial charge is 0.352 e. The second-order valence-electron chi connectivity index (χ2n) is 4.93. The molecule has 0 aromatic rings. The first kappa shape index (κ1) is 17.9. The molecule has 8 nitrogen and oxygen atoms in total. The normalized spacial score (nSPS) is 13.8. The third-order valence-electron chi connectivity index (χ3n) is 1.74. The van der Waals surface area contributed by atoms with Gasteiger partial charge in [0.25, 0.3) is 0 Å². The van der Waals surface area contributed by atoms with Gasteiger partial charge in [0.05, 0.1) is 0 Å². The minimum Gasteiger partial charge on any atom is -0.478 e. The Bertz CT molecular complexity index is 406. The molecule has 1 N–H and O–H groups in total. The second kappa shape index (κ2) is 6.88. The van der Waals surface area contributed by atoms with Crippen LogP contribution in [0.15, 0.2) is 0 Å². The van der Waals surface area contributed by atoms with Crippen LogP contribution < -0.4 is 0 Å². The molecule has 114 valence electrons. The number of esters is 3. The van der Waals surface area contributed by atoms with E-state index >= 15 is 0 Å². The molecule has 0 saturated heterocycles. The minimum atomic E-state index is -1.97. The Morgan fingerprint density at radius 1 is 0.900 bits per heavy atom. The van der Waals surface area contributed by atoms with Crippen molar-refractivity contribution < 1.29 is 38.5 Å². The predicted molar refractivity (Wildman–Crippen MR) is 64.6 cm³/mol. The summed E-state index contributed by atoms with van der Waals surface area (Å²) in [5.41, 5.74) is -0.922. The summed E-state index contributed by atoms with van der Waals surface area (Å²) >= 11 is 0. The number of aliphatic carboxylic acids is 1. The molecular weight excluding hydrogens is 272 g/mol. The van der Waals surface area contributed by atoms with Gasteiger partial charge in [-0.1, -0.05) is 0 Å². The Labute approximate surface area is 116 Å². The molecule has 0 aliphatic heterocycles. The molecule has 0 bridgehead atoms. The lowest BCUT2D eigenvalue weighted by atomic mass is 10.1. The predicted octanol–water partition coefficient (Wildman–Crippen LogP) is 0.276. The van der Waals surface area contributed by atoms with Crippen LogP contribution in [0.4, 0.5) is 0 Å². The monoisotopic (exact) mass is 290 g/mol. The molecule has 0 heterocycles. The minimum absolute atomic E-state index is 0.903. The summed E-state index contributed by atoms with van der Waals surface area (Å²) in [6.45, 7) is 6.62. The Morgan fingerprint density at radius 2 is 1.30 bits per heavy atom. The van der Waals surface area contributed by atoms with E-state index in [9.17, 15) is 19.2 Å². The summed E-state index contributed by atoms with van der Waals surface area (Å²) in [7, 11) is 0. The Hall–Kier alpha value is -2.12. The zero-order valence-corrected chi connectivity index (χ0v) is 12.0. The molecule has 0 aliphatic rings. The highest BCUT2D eigenvalue weighted by atomic mass is 16.6. The Morgan fingerprint density at radius 3 is 1.60 bits per heavy atom. The average molecular weight is 290 g/mol. The molecule has 0 aliphatic carbocycles. The summed E-state index contributed by atoms with van der Waals surface area (Å²) < 4.78 is 14.0. The average Bonchev–Trinajstić information content (AvgIpc) is 2.19. The van der Waals surface area contributed by atoms with Crippen LogP contribution in [0.1, 0.15) is 34.6 Å². The van der Waals surface area contributed by atoms with Crippen molar-refractivity contribution in [3.05, 3.63) is 0 Å². The molecular formula is C12H18O8. The number of hydrogen-bond acceptors (Lipinski definition) is 7. The lowest BCUT2D eigenvalue weighted by molar-refractivity contribution is -0.193. The van der Waals surface area contributed by atoms with E-state index in [4.69, 9.17) is 9.84 Å². The number of carbonyl (C=O) groups excluding carboxylic acids is 3. The van der Waals surface area contributed by atoms with Crippen molar-refractivity contribution in [1.29, 1.82) is 0 Å². The maximum absolute atomic E-state index is 11.9. The molecule has 0 amide bonds. The SMILES string of the molecule is CC(=O)O[C@@H](C(=O)O)[C@@H](OC(C)=O)C(=O)OC(C)(C)C. The van der Waals surface area contributed by atoms with Crippen molar-refractivity contribution in [3.8, 4) is 0 Å². The highest BCUT2D eigenvalue weighted by Gasteiger charge is 2.41. The van der Waals surface area contributed by atoms with E-state index in [2.05, 4.69) is 9.47 Å². The number of carbonyl (C=O) groups is 4. The fourth-order valence-corrected chi connectivity index (χ4v) is 1.19. The molecule has 0 aromatic heterocycles. The Kier molecular flexibility index (Phi) is 6.15. The third-order valence-corrected chi connectivity index (χ3v) is 1.74. The molecule has 2 atom stereocenters. The number of hydrogen-bond donors (Lipinski definition) is 1. The highest BCUT2D eigenvalue weighted by molar-refractivity contribution is 5.88. The van der Waals surface area contributed by atoms with Crippen molar-refractivity contribution in [2.45, 2.75) is 52.4 Å². The van der Waals surface area contributed by atoms with Gasteiger partial charge in [-0.15, -0.1) is 0 Å². The van der Waals surface area contributed by atoms with Gasteiger partial charge in [0.1, 0.15) is 5.60 Å². The topological polar surface area (TPSA) is 116 Å². The van der Waals surface area contributed by atoms with E-state index in [0.717, 1.165) is 13.8 Å². The van der Waals surface area contributed by atoms with E-state index in [-0.39, 0.29) is 0 Å². The summed E-state index contributed by atoms with van der Waals surface area (Å²) in [6, 6.07) is 0. The first-order chi connectivity index (χ1) is 8.94. The van der Waals surface area contributed by atoms with Gasteiger partial charge in [0, 0.05) is 13.8 Å². The highest BCUT2D eigenvalue weighted by Crippen LogP contribution is 2.14. The van der Waals surface area contributed by atoms with Crippen LogP contribution in [0.25, 0.3) is 0 Å². The number of rotatable bonds is 5. The zero-order valence-electron chi connectivity index (χ0n) is 12.0. The molecule has 0 radical (unpaired) electrons. The largest absolute Gasteiger partial charge is 0.478 e. The molecule has 8 heteroatoms. The van der Waals surface area contributed by atoms with Gasteiger partial charge in [-0.2, -0.15) is 0 Å². The van der Waals surface area contributed by atoms with Gasteiger partial charge in [0.2, 0.25) is 12.2 Å². The first-order valence-corrected chi connectivity index (χ1v) is 5.74. The van der Waals surface area contributed by atoms with Crippen LogP contribution in [0.5, 0.6) is 0 Å². The van der Waals surface area contributed by atoms with Gasteiger partial charge in [-0.05, 0) is 20.8 Å². The molecule has 20 heavy (non-hydrogen) atoms. The van der Waals surface area contributed by atoms with Crippen LogP contribution in [0.2, 0.25) is 0 Å². The van der Waals surface area contributed by atoms with E-state index in [1.165, 1.54) is 0 Å². The molecule has 0 spiro atoms. The van der Waals surface area contributed by atoms with E-state index in [0.29, 0.717) is 0 Å². The maximum atomic E-state index is 11.9. The maximum Gasteiger partial charge on any atom is 0.352 e. The van der Waals surface area contributed by atoms with Crippen LogP contribution in [-0.2, 0) is 33.4 Å². The lowest BCUT2D eigenvalue weighted by Crippen LogP contribution is -2.47. The summed E-state index contributed by atoms with van der Waals surface area (Å²) in [5.74, 6) is -4.57. The Balaban J connectivity index is 5.28. The quantitative estimate of drug-likeness (QED) is 0.566. The van der Waals surface area contributed by atoms with Crippen molar-refractivity contribution >= 4 is 23.9 Å². The van der Waals surface area contributed by atoms with Gasteiger partial charge in [-0.25, -0.2) is 9.59 Å². The zero-order chi connectivity index (χ0) is 16.1. The van der Waals surface area contributed by atoms with E-state index < -0.39 is 41.7 Å². The van der Waals surface area contributed by atoms with Gasteiger partial charge in [-0.3, -0.25) is 9.59 Å². The summed E-state index contributed by atoms with van der Waals surface area (Å²) in [6.07, 6.45) is -3.83. The van der Waals surface area contributed by atoms with Crippen molar-refractivity contribution in [3.63, 3.8) is 0 Å². The molecule has 0 rings (SSSR count). The van der Waals surface area contributed by atoms with Crippen molar-refractivity contribution in [1.82, 2.24) is 0 Å². The van der Waals surface area contributed by atoms with E-state index in [1.54, 1.807) is 20.8 Å². The summed E-state index contributed by atoms with van der Waals surface area (Å²) in [5, 5.41) is 8.98. The van der Waals surface area contributed by atoms with Crippen molar-refractivity contribution in [2.75, 3.05) is 0 Å². The van der Waals surface area contributed by atoms with Crippen LogP contribution in [0.3, 0.4) is 0 Å². The fraction of sp³-hybridized carbons (Fsp3) is 0.667. The molecule has 0 fully saturated rings. The number of carboxylic acids is 1. The number of carboxylic acid groups (broad SMARTS) is 1. The summed E-state index contributed by atoms with van der Waals surface area (Å²) in [4.78, 5) is 44.8. The van der Waals surface area contributed by atoms with E-state index in [1.807, 2.05) is 0 Å². The van der Waals surface area contributed by atoms with Crippen LogP contribution in [0, 0.1) is 0 Å². The molecule has 0 unspecified atom stereocenters. The van der Waals surface area contributed by atoms with Gasteiger partial charge in [0.15, 0.2) is 0 Å². The van der Waals surface area contributed by atoms with Crippen molar-refractivity contribution in [2.24, 2.45) is 0 Å². The van der Waals surface area contributed by atoms with Gasteiger partial charge < -0.3 is 19.3 Å². The van der Waals surface area contributed by atoms with Crippen LogP contribution >= 0.6 is 0 Å². The second-order valence-corrected chi connectivity index (χ2v) is 4.93. The molecule has 0 aromatic carbocycles. The third kappa shape index (κ3) is 6.72. The van der Waals surface area contributed by atoms with Crippen LogP contribution in [-0.4, -0.2) is 46.8 Å².